The molecule has 0 heterocycles. The number of hydrogen-bond donors (Lipinski definition) is 1. The number of aliphatic hydroxyl groups excluding tert-OH is 1. The summed E-state index contributed by atoms with van der Waals surface area (Å²) in [7, 11) is 1.47. The van der Waals surface area contributed by atoms with E-state index in [4.69, 9.17) is 9.78 Å². The Morgan fingerprint density at radius 1 is 0.773 bits per heavy atom. The Hall–Kier alpha value is -0.120. The molecule has 3 heteroatoms. The molecule has 0 amide bonds. The van der Waals surface area contributed by atoms with Gasteiger partial charge in [-0.05, 0) is 18.8 Å². The highest BCUT2D eigenvalue weighted by Crippen LogP contribution is 2.29. The van der Waals surface area contributed by atoms with E-state index in [2.05, 4.69) is 20.8 Å². The van der Waals surface area contributed by atoms with Crippen LogP contribution in [-0.2, 0) is 9.78 Å². The van der Waals surface area contributed by atoms with Gasteiger partial charge >= 0.3 is 0 Å². The van der Waals surface area contributed by atoms with Gasteiger partial charge in [0.1, 0.15) is 0 Å². The Morgan fingerprint density at radius 2 is 1.36 bits per heavy atom. The summed E-state index contributed by atoms with van der Waals surface area (Å²) in [6.07, 6.45) is 14.0. The summed E-state index contributed by atoms with van der Waals surface area (Å²) in [4.78, 5) is 9.70. The molecule has 0 aromatic rings. The van der Waals surface area contributed by atoms with Crippen molar-refractivity contribution >= 4 is 0 Å². The molecule has 0 aliphatic carbocycles. The van der Waals surface area contributed by atoms with Gasteiger partial charge in [0.25, 0.3) is 0 Å². The predicted octanol–water partition coefficient (Wildman–Crippen LogP) is 5.86. The maximum Gasteiger partial charge on any atom is 0.191 e. The van der Waals surface area contributed by atoms with E-state index in [1.807, 2.05) is 0 Å². The molecule has 3 atom stereocenters. The molecular weight excluding hydrogens is 276 g/mol. The molecule has 0 aromatic carbocycles. The third kappa shape index (κ3) is 11.4. The highest BCUT2D eigenvalue weighted by Gasteiger charge is 2.24. The monoisotopic (exact) mass is 316 g/mol. The largest absolute Gasteiger partial charge is 0.365 e. The van der Waals surface area contributed by atoms with E-state index >= 15 is 0 Å². The van der Waals surface area contributed by atoms with E-state index in [1.54, 1.807) is 0 Å². The molecule has 134 valence electrons. The molecular formula is C19H40O3. The minimum absolute atomic E-state index is 0.202. The van der Waals surface area contributed by atoms with Crippen LogP contribution in [0.1, 0.15) is 97.8 Å². The van der Waals surface area contributed by atoms with E-state index in [0.717, 1.165) is 25.7 Å². The summed E-state index contributed by atoms with van der Waals surface area (Å²) in [5.74, 6) is 0.918. The minimum Gasteiger partial charge on any atom is -0.365 e. The average molecular weight is 317 g/mol. The summed E-state index contributed by atoms with van der Waals surface area (Å²) in [6, 6.07) is 0. The molecule has 22 heavy (non-hydrogen) atoms. The molecule has 1 N–H and O–H groups in total. The van der Waals surface area contributed by atoms with Crippen LogP contribution in [0.15, 0.2) is 0 Å². The number of hydrogen-bond acceptors (Lipinski definition) is 3. The zero-order valence-corrected chi connectivity index (χ0v) is 15.5. The first-order chi connectivity index (χ1) is 10.7. The molecule has 0 saturated heterocycles. The van der Waals surface area contributed by atoms with Crippen LogP contribution in [0.5, 0.6) is 0 Å². The van der Waals surface area contributed by atoms with Crippen molar-refractivity contribution in [2.24, 2.45) is 11.8 Å². The Kier molecular flexibility index (Phi) is 15.7. The molecule has 0 saturated carbocycles. The first-order valence-electron chi connectivity index (χ1n) is 9.56. The Labute approximate surface area is 138 Å². The van der Waals surface area contributed by atoms with E-state index in [-0.39, 0.29) is 5.92 Å². The lowest BCUT2D eigenvalue weighted by Gasteiger charge is -2.26. The Balaban J connectivity index is 4.41. The lowest BCUT2D eigenvalue weighted by molar-refractivity contribution is -0.367. The van der Waals surface area contributed by atoms with Gasteiger partial charge in [0.2, 0.25) is 0 Å². The average Bonchev–Trinajstić information content (AvgIpc) is 2.52. The lowest BCUT2D eigenvalue weighted by atomic mass is 9.84. The summed E-state index contributed by atoms with van der Waals surface area (Å²) < 4.78 is 0. The van der Waals surface area contributed by atoms with Crippen molar-refractivity contribution < 1.29 is 14.9 Å². The van der Waals surface area contributed by atoms with Crippen LogP contribution in [0.3, 0.4) is 0 Å². The normalized spacial score (nSPS) is 15.7. The maximum atomic E-state index is 10.2. The Bertz CT molecular complexity index is 221. The van der Waals surface area contributed by atoms with Crippen LogP contribution in [0, 0.1) is 11.8 Å². The molecule has 0 rings (SSSR count). The fourth-order valence-electron chi connectivity index (χ4n) is 3.18. The molecule has 0 radical (unpaired) electrons. The summed E-state index contributed by atoms with van der Waals surface area (Å²) >= 11 is 0. The summed E-state index contributed by atoms with van der Waals surface area (Å²) in [5.41, 5.74) is 0. The zero-order chi connectivity index (χ0) is 16.6. The molecule has 0 bridgehead atoms. The van der Waals surface area contributed by atoms with Gasteiger partial charge in [-0.25, -0.2) is 9.78 Å². The van der Waals surface area contributed by atoms with Crippen LogP contribution in [0.4, 0.5) is 0 Å². The summed E-state index contributed by atoms with van der Waals surface area (Å²) in [6.45, 7) is 6.71. The van der Waals surface area contributed by atoms with Crippen molar-refractivity contribution in [3.8, 4) is 0 Å². The second-order valence-corrected chi connectivity index (χ2v) is 6.65. The van der Waals surface area contributed by atoms with Gasteiger partial charge < -0.3 is 5.11 Å². The maximum absolute atomic E-state index is 10.2. The van der Waals surface area contributed by atoms with Gasteiger partial charge in [0.05, 0.1) is 7.11 Å². The number of unbranched alkanes of at least 4 members (excludes halogenated alkanes) is 5. The molecule has 3 nitrogen and oxygen atoms in total. The fraction of sp³-hybridized carbons (Fsp3) is 1.00. The highest BCUT2D eigenvalue weighted by molar-refractivity contribution is 4.69. The van der Waals surface area contributed by atoms with Crippen LogP contribution < -0.4 is 0 Å². The fourth-order valence-corrected chi connectivity index (χ4v) is 3.18. The van der Waals surface area contributed by atoms with E-state index in [0.29, 0.717) is 5.92 Å². The van der Waals surface area contributed by atoms with Crippen LogP contribution >= 0.6 is 0 Å². The second-order valence-electron chi connectivity index (χ2n) is 6.65. The van der Waals surface area contributed by atoms with Gasteiger partial charge in [-0.1, -0.05) is 85.0 Å². The van der Waals surface area contributed by atoms with Crippen LogP contribution in [0.2, 0.25) is 0 Å². The SMILES string of the molecule is CCCCCCC(CCCC)CC(CCCC)C(O)OOC. The van der Waals surface area contributed by atoms with Crippen LogP contribution in [-0.4, -0.2) is 18.5 Å². The smallest absolute Gasteiger partial charge is 0.191 e. The molecule has 0 aromatic heterocycles. The number of aliphatic hydroxyl groups is 1. The van der Waals surface area contributed by atoms with Gasteiger partial charge in [0, 0.05) is 5.92 Å². The van der Waals surface area contributed by atoms with E-state index < -0.39 is 6.29 Å². The van der Waals surface area contributed by atoms with Gasteiger partial charge in [0.15, 0.2) is 6.29 Å². The second kappa shape index (κ2) is 15.8. The van der Waals surface area contributed by atoms with E-state index in [1.165, 1.54) is 58.5 Å². The van der Waals surface area contributed by atoms with Crippen molar-refractivity contribution in [2.45, 2.75) is 104 Å². The quantitative estimate of drug-likeness (QED) is 0.168. The zero-order valence-electron chi connectivity index (χ0n) is 15.5. The van der Waals surface area contributed by atoms with Gasteiger partial charge in [-0.3, -0.25) is 0 Å². The van der Waals surface area contributed by atoms with Crippen molar-refractivity contribution in [1.82, 2.24) is 0 Å². The molecule has 0 aliphatic heterocycles. The van der Waals surface area contributed by atoms with Crippen molar-refractivity contribution in [1.29, 1.82) is 0 Å². The third-order valence-corrected chi connectivity index (χ3v) is 4.59. The minimum atomic E-state index is -0.781. The molecule has 0 aliphatic rings. The lowest BCUT2D eigenvalue weighted by Crippen LogP contribution is -2.26. The van der Waals surface area contributed by atoms with Crippen molar-refractivity contribution in [2.75, 3.05) is 7.11 Å². The topological polar surface area (TPSA) is 38.7 Å². The first kappa shape index (κ1) is 21.9. The van der Waals surface area contributed by atoms with Crippen molar-refractivity contribution in [3.63, 3.8) is 0 Å². The Morgan fingerprint density at radius 3 is 1.95 bits per heavy atom. The van der Waals surface area contributed by atoms with Crippen molar-refractivity contribution in [3.05, 3.63) is 0 Å². The number of rotatable bonds is 16. The third-order valence-electron chi connectivity index (χ3n) is 4.59. The van der Waals surface area contributed by atoms with Gasteiger partial charge in [-0.15, -0.1) is 0 Å². The predicted molar refractivity (Wildman–Crippen MR) is 93.5 cm³/mol. The molecule has 0 spiro atoms. The molecule has 0 fully saturated rings. The highest BCUT2D eigenvalue weighted by atomic mass is 17.2. The van der Waals surface area contributed by atoms with E-state index in [9.17, 15) is 5.11 Å². The standard InChI is InChI=1S/C19H40O3/c1-5-8-11-12-14-17(13-9-6-2)16-18(15-10-7-3)19(20)22-21-4/h17-20H,5-16H2,1-4H3. The van der Waals surface area contributed by atoms with Crippen LogP contribution in [0.25, 0.3) is 0 Å². The van der Waals surface area contributed by atoms with Gasteiger partial charge in [-0.2, -0.15) is 0 Å². The molecule has 3 unspecified atom stereocenters. The summed E-state index contributed by atoms with van der Waals surface area (Å²) in [5, 5.41) is 10.2. The first-order valence-corrected chi connectivity index (χ1v) is 9.56.